The fourth-order valence-corrected chi connectivity index (χ4v) is 5.45. The third-order valence-corrected chi connectivity index (χ3v) is 7.26. The number of halogens is 1. The number of nitrogens with one attached hydrogen (secondary N) is 1. The summed E-state index contributed by atoms with van der Waals surface area (Å²) >= 11 is 6.29. The Morgan fingerprint density at radius 2 is 1.79 bits per heavy atom. The van der Waals surface area contributed by atoms with Gasteiger partial charge in [-0.1, -0.05) is 41.9 Å². The van der Waals surface area contributed by atoms with Crippen LogP contribution in [0.2, 0.25) is 5.02 Å². The number of para-hydroxylation sites is 3. The van der Waals surface area contributed by atoms with Crippen molar-refractivity contribution in [3.05, 3.63) is 77.3 Å². The smallest absolute Gasteiger partial charge is 0.264 e. The number of anilines is 2. The summed E-state index contributed by atoms with van der Waals surface area (Å²) in [6, 6.07) is 18.7. The van der Waals surface area contributed by atoms with Crippen LogP contribution >= 0.6 is 11.6 Å². The molecule has 0 bridgehead atoms. The fraction of sp³-hybridized carbons (Fsp3) is 0.208. The molecule has 1 heterocycles. The van der Waals surface area contributed by atoms with Crippen LogP contribution in [0.1, 0.15) is 12.5 Å². The highest BCUT2D eigenvalue weighted by atomic mass is 35.5. The molecule has 7 nitrogen and oxygen atoms in total. The molecule has 0 fully saturated rings. The molecule has 0 atom stereocenters. The van der Waals surface area contributed by atoms with Gasteiger partial charge in [0.1, 0.15) is 11.5 Å². The Balaban J connectivity index is 1.44. The van der Waals surface area contributed by atoms with E-state index in [1.165, 1.54) is 22.5 Å². The molecule has 0 saturated carbocycles. The zero-order valence-electron chi connectivity index (χ0n) is 18.0. The van der Waals surface area contributed by atoms with Crippen molar-refractivity contribution in [1.29, 1.82) is 0 Å². The summed E-state index contributed by atoms with van der Waals surface area (Å²) in [5, 5.41) is 2.84. The number of ether oxygens (including phenoxy) is 2. The van der Waals surface area contributed by atoms with Gasteiger partial charge in [0.25, 0.3) is 15.9 Å². The van der Waals surface area contributed by atoms with Gasteiger partial charge >= 0.3 is 0 Å². The van der Waals surface area contributed by atoms with Crippen molar-refractivity contribution in [3.8, 4) is 11.5 Å². The summed E-state index contributed by atoms with van der Waals surface area (Å²) in [5.41, 5.74) is 2.20. The largest absolute Gasteiger partial charge is 0.492 e. The van der Waals surface area contributed by atoms with Gasteiger partial charge in [-0.3, -0.25) is 9.10 Å². The first-order valence-corrected chi connectivity index (χ1v) is 12.3. The highest BCUT2D eigenvalue weighted by molar-refractivity contribution is 7.92. The third-order valence-electron chi connectivity index (χ3n) is 5.16. The van der Waals surface area contributed by atoms with Crippen molar-refractivity contribution in [1.82, 2.24) is 0 Å². The Morgan fingerprint density at radius 3 is 2.58 bits per heavy atom. The molecule has 9 heteroatoms. The van der Waals surface area contributed by atoms with E-state index < -0.39 is 15.9 Å². The lowest BCUT2D eigenvalue weighted by atomic mass is 10.2. The second-order valence-corrected chi connectivity index (χ2v) is 9.58. The van der Waals surface area contributed by atoms with Crippen molar-refractivity contribution in [2.45, 2.75) is 18.2 Å². The van der Waals surface area contributed by atoms with Gasteiger partial charge in [0, 0.05) is 6.54 Å². The second-order valence-electron chi connectivity index (χ2n) is 7.31. The Labute approximate surface area is 197 Å². The van der Waals surface area contributed by atoms with E-state index in [9.17, 15) is 13.2 Å². The van der Waals surface area contributed by atoms with Crippen LogP contribution in [0, 0.1) is 0 Å². The number of carbonyl (C=O) groups excluding carboxylic acids is 1. The molecule has 0 spiro atoms. The number of hydrogen-bond acceptors (Lipinski definition) is 5. The maximum Gasteiger partial charge on any atom is 0.264 e. The first kappa shape index (κ1) is 22.9. The van der Waals surface area contributed by atoms with E-state index in [4.69, 9.17) is 21.1 Å². The standard InChI is InChI=1S/C24H23ClN2O5S/c1-2-31-23-10-6-4-8-20(23)26-24(28)16-32-22-12-11-18(15-19(22)25)33(29,30)27-14-13-17-7-3-5-9-21(17)27/h3-12,15H,2,13-14,16H2,1H3,(H,26,28). The molecular formula is C24H23ClN2O5S. The maximum absolute atomic E-state index is 13.2. The van der Waals surface area contributed by atoms with E-state index in [1.54, 1.807) is 24.3 Å². The SMILES string of the molecule is CCOc1ccccc1NC(=O)COc1ccc(S(=O)(=O)N2CCc3ccccc32)cc1Cl. The summed E-state index contributed by atoms with van der Waals surface area (Å²) in [7, 11) is -3.77. The molecule has 0 saturated heterocycles. The van der Waals surface area contributed by atoms with Crippen LogP contribution in [0.5, 0.6) is 11.5 Å². The van der Waals surface area contributed by atoms with E-state index in [-0.39, 0.29) is 22.3 Å². The molecule has 1 aliphatic rings. The summed E-state index contributed by atoms with van der Waals surface area (Å²) in [6.45, 7) is 2.40. The quantitative estimate of drug-likeness (QED) is 0.506. The number of sulfonamides is 1. The third kappa shape index (κ3) is 4.91. The zero-order chi connectivity index (χ0) is 23.4. The number of rotatable bonds is 8. The van der Waals surface area contributed by atoms with Gasteiger partial charge in [0.15, 0.2) is 6.61 Å². The van der Waals surface area contributed by atoms with Crippen LogP contribution in [0.3, 0.4) is 0 Å². The predicted octanol–water partition coefficient (Wildman–Crippen LogP) is 4.51. The molecule has 172 valence electrons. The number of amides is 1. The monoisotopic (exact) mass is 486 g/mol. The number of fused-ring (bicyclic) bond motifs is 1. The van der Waals surface area contributed by atoms with Crippen LogP contribution in [-0.4, -0.2) is 34.1 Å². The normalized spacial score (nSPS) is 12.8. The maximum atomic E-state index is 13.2. The van der Waals surface area contributed by atoms with Crippen LogP contribution in [0.15, 0.2) is 71.6 Å². The average molecular weight is 487 g/mol. The van der Waals surface area contributed by atoms with Crippen LogP contribution in [0.25, 0.3) is 0 Å². The summed E-state index contributed by atoms with van der Waals surface area (Å²) in [5.74, 6) is 0.374. The molecule has 0 aliphatic carbocycles. The Bertz CT molecular complexity index is 1280. The van der Waals surface area contributed by atoms with Crippen LogP contribution in [0.4, 0.5) is 11.4 Å². The van der Waals surface area contributed by atoms with Gasteiger partial charge in [0.2, 0.25) is 0 Å². The first-order chi connectivity index (χ1) is 15.9. The van der Waals surface area contributed by atoms with Gasteiger partial charge in [-0.2, -0.15) is 0 Å². The van der Waals surface area contributed by atoms with Crippen molar-refractivity contribution in [3.63, 3.8) is 0 Å². The minimum absolute atomic E-state index is 0.0617. The first-order valence-electron chi connectivity index (χ1n) is 10.4. The Kier molecular flexibility index (Phi) is 6.76. The molecule has 1 amide bonds. The van der Waals surface area contributed by atoms with Crippen molar-refractivity contribution < 1.29 is 22.7 Å². The van der Waals surface area contributed by atoms with E-state index in [1.807, 2.05) is 31.2 Å². The summed E-state index contributed by atoms with van der Waals surface area (Å²) in [4.78, 5) is 12.4. The topological polar surface area (TPSA) is 84.9 Å². The van der Waals surface area contributed by atoms with Gasteiger partial charge in [-0.05, 0) is 55.3 Å². The molecular weight excluding hydrogens is 464 g/mol. The molecule has 0 radical (unpaired) electrons. The lowest BCUT2D eigenvalue weighted by Crippen LogP contribution is -2.29. The molecule has 33 heavy (non-hydrogen) atoms. The number of benzene rings is 3. The highest BCUT2D eigenvalue weighted by Crippen LogP contribution is 2.35. The number of carbonyl (C=O) groups is 1. The number of nitrogens with zero attached hydrogens (tertiary/aromatic N) is 1. The van der Waals surface area contributed by atoms with E-state index in [0.717, 1.165) is 5.56 Å². The lowest BCUT2D eigenvalue weighted by molar-refractivity contribution is -0.118. The zero-order valence-corrected chi connectivity index (χ0v) is 19.5. The van der Waals surface area contributed by atoms with Gasteiger partial charge in [0.05, 0.1) is 27.9 Å². The minimum Gasteiger partial charge on any atom is -0.492 e. The van der Waals surface area contributed by atoms with Crippen LogP contribution < -0.4 is 19.1 Å². The molecule has 1 aliphatic heterocycles. The summed E-state index contributed by atoms with van der Waals surface area (Å²) in [6.07, 6.45) is 0.659. The average Bonchev–Trinajstić information content (AvgIpc) is 3.25. The molecule has 1 N–H and O–H groups in total. The van der Waals surface area contributed by atoms with Gasteiger partial charge in [-0.25, -0.2) is 8.42 Å². The van der Waals surface area contributed by atoms with E-state index in [2.05, 4.69) is 5.32 Å². The van der Waals surface area contributed by atoms with Gasteiger partial charge in [-0.15, -0.1) is 0 Å². The molecule has 0 aromatic heterocycles. The molecule has 4 rings (SSSR count). The van der Waals surface area contributed by atoms with Crippen molar-refractivity contribution in [2.24, 2.45) is 0 Å². The lowest BCUT2D eigenvalue weighted by Gasteiger charge is -2.20. The van der Waals surface area contributed by atoms with Crippen molar-refractivity contribution in [2.75, 3.05) is 29.4 Å². The molecule has 3 aromatic carbocycles. The number of hydrogen-bond donors (Lipinski definition) is 1. The van der Waals surface area contributed by atoms with Crippen LogP contribution in [-0.2, 0) is 21.2 Å². The second kappa shape index (κ2) is 9.72. The Morgan fingerprint density at radius 1 is 1.03 bits per heavy atom. The molecule has 3 aromatic rings. The predicted molar refractivity (Wildman–Crippen MR) is 128 cm³/mol. The van der Waals surface area contributed by atoms with Gasteiger partial charge < -0.3 is 14.8 Å². The summed E-state index contributed by atoms with van der Waals surface area (Å²) < 4.78 is 38.7. The molecule has 0 unspecified atom stereocenters. The minimum atomic E-state index is -3.77. The Hall–Kier alpha value is -3.23. The van der Waals surface area contributed by atoms with E-state index in [0.29, 0.717) is 36.7 Å². The fourth-order valence-electron chi connectivity index (χ4n) is 3.62. The van der Waals surface area contributed by atoms with Crippen molar-refractivity contribution >= 4 is 38.9 Å². The van der Waals surface area contributed by atoms with E-state index >= 15 is 0 Å². The highest BCUT2D eigenvalue weighted by Gasteiger charge is 2.31.